The van der Waals surface area contributed by atoms with E-state index < -0.39 is 24.5 Å². The van der Waals surface area contributed by atoms with Gasteiger partial charge in [-0.1, -0.05) is 48.5 Å². The van der Waals surface area contributed by atoms with Crippen LogP contribution in [-0.4, -0.2) is 109 Å². The maximum Gasteiger partial charge on any atom is 0.361 e. The summed E-state index contributed by atoms with van der Waals surface area (Å²) in [6.07, 6.45) is -3.70. The maximum atomic E-state index is 12.8. The molecular weight excluding hydrogens is 704 g/mol. The van der Waals surface area contributed by atoms with E-state index in [-0.39, 0.29) is 52.9 Å². The van der Waals surface area contributed by atoms with Gasteiger partial charge >= 0.3 is 5.97 Å². The van der Waals surface area contributed by atoms with Crippen LogP contribution in [0.4, 0.5) is 0 Å². The van der Waals surface area contributed by atoms with Crippen molar-refractivity contribution in [3.8, 4) is 46.0 Å². The van der Waals surface area contributed by atoms with Crippen LogP contribution >= 0.6 is 0 Å². The Morgan fingerprint density at radius 1 is 0.426 bits per heavy atom. The zero-order valence-electron chi connectivity index (χ0n) is 29.7. The second-order valence-electron chi connectivity index (χ2n) is 11.8. The number of carboxylic acid groups (broad SMARTS) is 1. The summed E-state index contributed by atoms with van der Waals surface area (Å²) < 4.78 is 71.7. The van der Waals surface area contributed by atoms with Crippen LogP contribution in [0.15, 0.2) is 97.1 Å². The number of carboxylic acids is 1. The standard InChI is InChI=1S/C40H44O14/c41-39(42)40(53-29-25-49-35-13-5-1-9-31(35)45-21-17-43-18-22-46-32-10-2-6-14-36(32)50-26-29)54-30-27-51-37-15-7-3-11-33(37)47-23-19-44-20-24-48-34-12-4-8-16-38(34)52-28-30/h1-16,29-30,40H,17-28H2,(H,41,42). The monoisotopic (exact) mass is 748 g/mol. The lowest BCUT2D eigenvalue weighted by Gasteiger charge is -2.27. The molecule has 6 rings (SSSR count). The molecule has 2 aliphatic heterocycles. The molecule has 0 aliphatic carbocycles. The molecule has 1 N–H and O–H groups in total. The summed E-state index contributed by atoms with van der Waals surface area (Å²) in [5, 5.41) is 10.4. The Bertz CT molecular complexity index is 1500. The van der Waals surface area contributed by atoms with Crippen molar-refractivity contribution < 1.29 is 66.7 Å². The van der Waals surface area contributed by atoms with Crippen LogP contribution < -0.4 is 37.9 Å². The number of rotatable bonds is 5. The highest BCUT2D eigenvalue weighted by molar-refractivity contribution is 5.70. The van der Waals surface area contributed by atoms with Gasteiger partial charge in [0, 0.05) is 0 Å². The van der Waals surface area contributed by atoms with E-state index in [0.29, 0.717) is 72.4 Å². The number of para-hydroxylation sites is 8. The molecule has 54 heavy (non-hydrogen) atoms. The molecule has 2 heterocycles. The number of hydrogen-bond acceptors (Lipinski definition) is 13. The third kappa shape index (κ3) is 11.8. The van der Waals surface area contributed by atoms with Gasteiger partial charge < -0.3 is 61.9 Å². The Kier molecular flexibility index (Phi) is 14.7. The van der Waals surface area contributed by atoms with E-state index in [9.17, 15) is 9.90 Å². The molecule has 0 spiro atoms. The number of hydrogen-bond donors (Lipinski definition) is 1. The molecule has 0 aromatic heterocycles. The minimum atomic E-state index is -1.79. The number of fused-ring (bicyclic) bond motifs is 4. The first-order valence-electron chi connectivity index (χ1n) is 17.7. The highest BCUT2D eigenvalue weighted by Crippen LogP contribution is 2.31. The molecule has 2 aliphatic rings. The molecule has 288 valence electrons. The molecule has 14 heteroatoms. The van der Waals surface area contributed by atoms with Crippen LogP contribution in [0, 0.1) is 0 Å². The van der Waals surface area contributed by atoms with Crippen LogP contribution in [0.1, 0.15) is 0 Å². The zero-order valence-corrected chi connectivity index (χ0v) is 29.7. The van der Waals surface area contributed by atoms with E-state index in [4.69, 9.17) is 56.8 Å². The predicted octanol–water partition coefficient (Wildman–Crippen LogP) is 5.06. The summed E-state index contributed by atoms with van der Waals surface area (Å²) in [5.74, 6) is 2.30. The predicted molar refractivity (Wildman–Crippen MR) is 193 cm³/mol. The van der Waals surface area contributed by atoms with Crippen LogP contribution in [0.5, 0.6) is 46.0 Å². The smallest absolute Gasteiger partial charge is 0.361 e. The maximum absolute atomic E-state index is 12.8. The summed E-state index contributed by atoms with van der Waals surface area (Å²) >= 11 is 0. The van der Waals surface area contributed by atoms with Crippen molar-refractivity contribution in [3.63, 3.8) is 0 Å². The highest BCUT2D eigenvalue weighted by atomic mass is 16.7. The van der Waals surface area contributed by atoms with Gasteiger partial charge in [-0.2, -0.15) is 0 Å². The SMILES string of the molecule is O=C(O)C(OC1COc2ccccc2OCCOCCOc2ccccc2OC1)OC1COc2ccccc2OCCOCCOc2ccccc2OC1. The lowest BCUT2D eigenvalue weighted by molar-refractivity contribution is -0.224. The molecule has 4 aromatic rings. The third-order valence-corrected chi connectivity index (χ3v) is 7.87. The normalized spacial score (nSPS) is 17.0. The first-order valence-corrected chi connectivity index (χ1v) is 17.7. The van der Waals surface area contributed by atoms with E-state index >= 15 is 0 Å². The van der Waals surface area contributed by atoms with Crippen LogP contribution in [-0.2, 0) is 23.7 Å². The van der Waals surface area contributed by atoms with Gasteiger partial charge in [-0.25, -0.2) is 4.79 Å². The minimum Gasteiger partial charge on any atom is -0.487 e. The van der Waals surface area contributed by atoms with Gasteiger partial charge in [0.2, 0.25) is 0 Å². The number of benzene rings is 4. The zero-order chi connectivity index (χ0) is 37.2. The molecular formula is C40H44O14. The minimum absolute atomic E-state index is 0.121. The summed E-state index contributed by atoms with van der Waals surface area (Å²) in [6, 6.07) is 28.5. The molecule has 0 bridgehead atoms. The van der Waals surface area contributed by atoms with Crippen molar-refractivity contribution in [2.45, 2.75) is 18.5 Å². The molecule has 0 unspecified atom stereocenters. The average molecular weight is 749 g/mol. The lowest BCUT2D eigenvalue weighted by Crippen LogP contribution is -2.42. The first kappa shape index (κ1) is 38.3. The molecule has 0 amide bonds. The average Bonchev–Trinajstić information content (AvgIpc) is 3.19. The Labute approximate surface area is 313 Å². The second kappa shape index (κ2) is 20.7. The summed E-state index contributed by atoms with van der Waals surface area (Å²) in [7, 11) is 0. The first-order chi connectivity index (χ1) is 26.6. The molecule has 14 nitrogen and oxygen atoms in total. The summed E-state index contributed by atoms with van der Waals surface area (Å²) in [5.41, 5.74) is 0. The van der Waals surface area contributed by atoms with Gasteiger partial charge in [-0.15, -0.1) is 0 Å². The van der Waals surface area contributed by atoms with Gasteiger partial charge in [0.25, 0.3) is 6.29 Å². The quantitative estimate of drug-likeness (QED) is 0.271. The highest BCUT2D eigenvalue weighted by Gasteiger charge is 2.30. The van der Waals surface area contributed by atoms with E-state index in [1.807, 2.05) is 24.3 Å². The lowest BCUT2D eigenvalue weighted by atomic mass is 10.3. The summed E-state index contributed by atoms with van der Waals surface area (Å²) in [6.45, 7) is 1.97. The van der Waals surface area contributed by atoms with Gasteiger partial charge in [0.1, 0.15) is 65.1 Å². The van der Waals surface area contributed by atoms with E-state index in [1.165, 1.54) is 0 Å². The Hall–Kier alpha value is -5.41. The van der Waals surface area contributed by atoms with Crippen molar-refractivity contribution in [2.24, 2.45) is 0 Å². The van der Waals surface area contributed by atoms with Crippen molar-refractivity contribution in [3.05, 3.63) is 97.1 Å². The molecule has 0 fully saturated rings. The van der Waals surface area contributed by atoms with Crippen molar-refractivity contribution in [1.29, 1.82) is 0 Å². The fraction of sp³-hybridized carbons (Fsp3) is 0.375. The second-order valence-corrected chi connectivity index (χ2v) is 11.8. The van der Waals surface area contributed by atoms with Gasteiger partial charge in [-0.3, -0.25) is 0 Å². The Morgan fingerprint density at radius 3 is 0.907 bits per heavy atom. The van der Waals surface area contributed by atoms with Crippen LogP contribution in [0.25, 0.3) is 0 Å². The van der Waals surface area contributed by atoms with E-state index in [0.717, 1.165) is 0 Å². The number of carbonyl (C=O) groups is 1. The van der Waals surface area contributed by atoms with Crippen molar-refractivity contribution >= 4 is 5.97 Å². The van der Waals surface area contributed by atoms with E-state index in [2.05, 4.69) is 0 Å². The van der Waals surface area contributed by atoms with Crippen molar-refractivity contribution in [1.82, 2.24) is 0 Å². The van der Waals surface area contributed by atoms with Crippen LogP contribution in [0.3, 0.4) is 0 Å². The van der Waals surface area contributed by atoms with Crippen LogP contribution in [0.2, 0.25) is 0 Å². The fourth-order valence-corrected chi connectivity index (χ4v) is 5.28. The van der Waals surface area contributed by atoms with Crippen molar-refractivity contribution in [2.75, 3.05) is 79.3 Å². The summed E-state index contributed by atoms with van der Waals surface area (Å²) in [4.78, 5) is 12.8. The Morgan fingerprint density at radius 2 is 0.667 bits per heavy atom. The molecule has 0 saturated heterocycles. The van der Waals surface area contributed by atoms with Gasteiger partial charge in [0.05, 0.1) is 26.4 Å². The fourth-order valence-electron chi connectivity index (χ4n) is 5.28. The number of ether oxygens (including phenoxy) is 12. The Balaban J connectivity index is 1.22. The van der Waals surface area contributed by atoms with E-state index in [1.54, 1.807) is 72.8 Å². The molecule has 4 aromatic carbocycles. The van der Waals surface area contributed by atoms with Gasteiger partial charge in [-0.05, 0) is 48.5 Å². The third-order valence-electron chi connectivity index (χ3n) is 7.87. The molecule has 0 radical (unpaired) electrons. The topological polar surface area (TPSA) is 148 Å². The molecule has 0 saturated carbocycles. The largest absolute Gasteiger partial charge is 0.487 e. The van der Waals surface area contributed by atoms with Gasteiger partial charge in [0.15, 0.2) is 46.0 Å². The number of aliphatic carboxylic acids is 1. The molecule has 0 atom stereocenters.